The van der Waals surface area contributed by atoms with Crippen LogP contribution in [0.25, 0.3) is 5.65 Å². The lowest BCUT2D eigenvalue weighted by Gasteiger charge is -2.34. The van der Waals surface area contributed by atoms with Crippen molar-refractivity contribution >= 4 is 27.3 Å². The first-order chi connectivity index (χ1) is 14.2. The van der Waals surface area contributed by atoms with E-state index in [1.807, 2.05) is 43.4 Å². The van der Waals surface area contributed by atoms with E-state index >= 15 is 0 Å². The summed E-state index contributed by atoms with van der Waals surface area (Å²) in [4.78, 5) is 17.1. The van der Waals surface area contributed by atoms with E-state index in [1.54, 1.807) is 18.3 Å². The molecule has 0 aliphatic carbocycles. The molecule has 9 heteroatoms. The van der Waals surface area contributed by atoms with Crippen LogP contribution in [0.4, 0.5) is 5.69 Å². The molecule has 1 aliphatic heterocycles. The number of pyridine rings is 1. The van der Waals surface area contributed by atoms with Gasteiger partial charge < -0.3 is 14.5 Å². The molecule has 8 nitrogen and oxygen atoms in total. The SMILES string of the molecule is Cc1cccc2nc(C(=O)Nc3ccc(S(=O)(=O)N4C[C@@H](C)O[C@H](C)C4)cc3)cn12. The van der Waals surface area contributed by atoms with Crippen LogP contribution in [-0.2, 0) is 14.8 Å². The number of aryl methyl sites for hydroxylation is 1. The number of nitrogens with zero attached hydrogens (tertiary/aromatic N) is 3. The van der Waals surface area contributed by atoms with Crippen molar-refractivity contribution < 1.29 is 17.9 Å². The number of fused-ring (bicyclic) bond motifs is 1. The maximum Gasteiger partial charge on any atom is 0.275 e. The zero-order chi connectivity index (χ0) is 21.5. The highest BCUT2D eigenvalue weighted by Gasteiger charge is 2.32. The van der Waals surface area contributed by atoms with Crippen molar-refractivity contribution in [2.75, 3.05) is 18.4 Å². The zero-order valence-corrected chi connectivity index (χ0v) is 17.9. The first-order valence-corrected chi connectivity index (χ1v) is 11.2. The summed E-state index contributed by atoms with van der Waals surface area (Å²) in [5, 5.41) is 2.77. The summed E-state index contributed by atoms with van der Waals surface area (Å²) >= 11 is 0. The third-order valence-electron chi connectivity index (χ3n) is 5.06. The van der Waals surface area contributed by atoms with Gasteiger partial charge in [-0.05, 0) is 57.2 Å². The van der Waals surface area contributed by atoms with E-state index in [1.165, 1.54) is 16.4 Å². The van der Waals surface area contributed by atoms with Crippen molar-refractivity contribution in [3.63, 3.8) is 0 Å². The molecule has 30 heavy (non-hydrogen) atoms. The van der Waals surface area contributed by atoms with E-state index in [2.05, 4.69) is 10.3 Å². The van der Waals surface area contributed by atoms with Crippen molar-refractivity contribution in [2.45, 2.75) is 37.9 Å². The van der Waals surface area contributed by atoms with Crippen molar-refractivity contribution in [1.82, 2.24) is 13.7 Å². The fourth-order valence-corrected chi connectivity index (χ4v) is 5.23. The molecule has 1 aliphatic rings. The number of ether oxygens (including phenoxy) is 1. The molecule has 1 fully saturated rings. The Hall–Kier alpha value is -2.75. The number of nitrogens with one attached hydrogen (secondary N) is 1. The van der Waals surface area contributed by atoms with Crippen molar-refractivity contribution in [1.29, 1.82) is 0 Å². The van der Waals surface area contributed by atoms with Crippen molar-refractivity contribution in [3.8, 4) is 0 Å². The highest BCUT2D eigenvalue weighted by atomic mass is 32.2. The van der Waals surface area contributed by atoms with Crippen LogP contribution in [0.2, 0.25) is 0 Å². The smallest absolute Gasteiger partial charge is 0.275 e. The molecular weight excluding hydrogens is 404 g/mol. The molecule has 158 valence electrons. The Morgan fingerprint density at radius 1 is 1.10 bits per heavy atom. The van der Waals surface area contributed by atoms with Gasteiger partial charge in [-0.2, -0.15) is 4.31 Å². The lowest BCUT2D eigenvalue weighted by molar-refractivity contribution is -0.0440. The van der Waals surface area contributed by atoms with Crippen LogP contribution in [0, 0.1) is 6.92 Å². The number of anilines is 1. The van der Waals surface area contributed by atoms with Gasteiger partial charge in [-0.15, -0.1) is 0 Å². The minimum absolute atomic E-state index is 0.156. The largest absolute Gasteiger partial charge is 0.373 e. The van der Waals surface area contributed by atoms with E-state index in [0.717, 1.165) is 5.69 Å². The molecule has 0 unspecified atom stereocenters. The second-order valence-corrected chi connectivity index (χ2v) is 9.52. The predicted molar refractivity (Wildman–Crippen MR) is 113 cm³/mol. The molecule has 1 amide bonds. The topological polar surface area (TPSA) is 93.0 Å². The monoisotopic (exact) mass is 428 g/mol. The quantitative estimate of drug-likeness (QED) is 0.690. The zero-order valence-electron chi connectivity index (χ0n) is 17.1. The normalized spacial score (nSPS) is 20.4. The number of amides is 1. The number of benzene rings is 1. The number of carbonyl (C=O) groups excluding carboxylic acids is 1. The number of sulfonamides is 1. The Bertz CT molecular complexity index is 1180. The first-order valence-electron chi connectivity index (χ1n) is 9.76. The van der Waals surface area contributed by atoms with Crippen LogP contribution in [0.15, 0.2) is 53.6 Å². The molecule has 2 atom stereocenters. The number of carbonyl (C=O) groups is 1. The van der Waals surface area contributed by atoms with Crippen LogP contribution < -0.4 is 5.32 Å². The van der Waals surface area contributed by atoms with Crippen LogP contribution in [0.3, 0.4) is 0 Å². The summed E-state index contributed by atoms with van der Waals surface area (Å²) in [6.07, 6.45) is 1.37. The summed E-state index contributed by atoms with van der Waals surface area (Å²) in [5.74, 6) is -0.357. The Balaban J connectivity index is 1.50. The average molecular weight is 429 g/mol. The highest BCUT2D eigenvalue weighted by molar-refractivity contribution is 7.89. The van der Waals surface area contributed by atoms with Gasteiger partial charge in [-0.25, -0.2) is 13.4 Å². The van der Waals surface area contributed by atoms with Crippen LogP contribution >= 0.6 is 0 Å². The van der Waals surface area contributed by atoms with Gasteiger partial charge in [-0.1, -0.05) is 6.07 Å². The number of aromatic nitrogens is 2. The maximum atomic E-state index is 12.9. The standard InChI is InChI=1S/C21H24N4O4S/c1-14-5-4-6-20-23-19(13-25(14)20)21(26)22-17-7-9-18(10-8-17)30(27,28)24-11-15(2)29-16(3)12-24/h4-10,13,15-16H,11-12H2,1-3H3,(H,22,26)/t15-,16-/m1/s1. The molecule has 0 radical (unpaired) electrons. The molecule has 0 bridgehead atoms. The lowest BCUT2D eigenvalue weighted by atomic mass is 10.3. The Morgan fingerprint density at radius 2 is 1.77 bits per heavy atom. The van der Waals surface area contributed by atoms with Crippen LogP contribution in [0.1, 0.15) is 30.0 Å². The molecule has 3 heterocycles. The van der Waals surface area contributed by atoms with Gasteiger partial charge in [0.2, 0.25) is 10.0 Å². The van der Waals surface area contributed by atoms with Gasteiger partial charge in [0.25, 0.3) is 5.91 Å². The Labute approximate surface area is 175 Å². The van der Waals surface area contributed by atoms with Crippen molar-refractivity contribution in [2.24, 2.45) is 0 Å². The fraction of sp³-hybridized carbons (Fsp3) is 0.333. The minimum atomic E-state index is -3.62. The minimum Gasteiger partial charge on any atom is -0.373 e. The Morgan fingerprint density at radius 3 is 2.40 bits per heavy atom. The average Bonchev–Trinajstić information content (AvgIpc) is 3.14. The van der Waals surface area contributed by atoms with Crippen molar-refractivity contribution in [3.05, 3.63) is 60.0 Å². The number of morpholine rings is 1. The molecular formula is C21H24N4O4S. The lowest BCUT2D eigenvalue weighted by Crippen LogP contribution is -2.48. The molecule has 3 aromatic rings. The number of hydrogen-bond donors (Lipinski definition) is 1. The first kappa shape index (κ1) is 20.5. The number of imidazole rings is 1. The molecule has 0 saturated carbocycles. The number of rotatable bonds is 4. The molecule has 1 N–H and O–H groups in total. The van der Waals surface area contributed by atoms with E-state index in [9.17, 15) is 13.2 Å². The molecule has 1 aromatic carbocycles. The fourth-order valence-electron chi connectivity index (χ4n) is 3.64. The molecule has 0 spiro atoms. The van der Waals surface area contributed by atoms with Gasteiger partial charge in [0, 0.05) is 30.7 Å². The van der Waals surface area contributed by atoms with Crippen LogP contribution in [-0.4, -0.2) is 53.3 Å². The van der Waals surface area contributed by atoms with Crippen LogP contribution in [0.5, 0.6) is 0 Å². The van der Waals surface area contributed by atoms with Gasteiger partial charge in [0.05, 0.1) is 17.1 Å². The molecule has 4 rings (SSSR count). The summed E-state index contributed by atoms with van der Waals surface area (Å²) in [6, 6.07) is 11.8. The maximum absolute atomic E-state index is 12.9. The van der Waals surface area contributed by atoms with E-state index in [0.29, 0.717) is 24.4 Å². The van der Waals surface area contributed by atoms with Gasteiger partial charge in [-0.3, -0.25) is 4.79 Å². The molecule has 2 aromatic heterocycles. The summed E-state index contributed by atoms with van der Waals surface area (Å²) in [7, 11) is -3.62. The van der Waals surface area contributed by atoms with Gasteiger partial charge in [0.15, 0.2) is 0 Å². The van der Waals surface area contributed by atoms with Gasteiger partial charge >= 0.3 is 0 Å². The van der Waals surface area contributed by atoms with E-state index < -0.39 is 10.0 Å². The highest BCUT2D eigenvalue weighted by Crippen LogP contribution is 2.23. The van der Waals surface area contributed by atoms with Gasteiger partial charge in [0.1, 0.15) is 11.3 Å². The summed E-state index contributed by atoms with van der Waals surface area (Å²) < 4.78 is 34.8. The second kappa shape index (κ2) is 7.82. The van der Waals surface area contributed by atoms with E-state index in [-0.39, 0.29) is 28.7 Å². The Kier molecular flexibility index (Phi) is 5.35. The second-order valence-electron chi connectivity index (χ2n) is 7.58. The summed E-state index contributed by atoms with van der Waals surface area (Å²) in [6.45, 7) is 6.29. The van der Waals surface area contributed by atoms with E-state index in [4.69, 9.17) is 4.74 Å². The molecule has 1 saturated heterocycles. The predicted octanol–water partition coefficient (Wildman–Crippen LogP) is 2.69. The number of hydrogen-bond acceptors (Lipinski definition) is 5. The third-order valence-corrected chi connectivity index (χ3v) is 6.91. The third kappa shape index (κ3) is 3.96. The summed E-state index contributed by atoms with van der Waals surface area (Å²) in [5.41, 5.74) is 2.45.